The quantitative estimate of drug-likeness (QED) is 0.565. The summed E-state index contributed by atoms with van der Waals surface area (Å²) in [7, 11) is -3.86. The first-order chi connectivity index (χ1) is 10.4. The van der Waals surface area contributed by atoms with Crippen LogP contribution in [0.1, 0.15) is 27.2 Å². The lowest BCUT2D eigenvalue weighted by Crippen LogP contribution is -2.11. The third-order valence-electron chi connectivity index (χ3n) is 2.80. The number of carbonyl (C=O) groups is 1. The summed E-state index contributed by atoms with van der Waals surface area (Å²) in [5, 5.41) is 0.635. The van der Waals surface area contributed by atoms with Crippen molar-refractivity contribution in [2.45, 2.75) is 29.1 Å². The smallest absolute Gasteiger partial charge is 0.351 e. The molecule has 2 aromatic rings. The highest BCUT2D eigenvalue weighted by Gasteiger charge is 2.30. The first-order valence-electron chi connectivity index (χ1n) is 6.44. The Morgan fingerprint density at radius 1 is 1.32 bits per heavy atom. The van der Waals surface area contributed by atoms with E-state index >= 15 is 0 Å². The van der Waals surface area contributed by atoms with Crippen molar-refractivity contribution in [2.24, 2.45) is 0 Å². The molecular weight excluding hydrogens is 390 g/mol. The van der Waals surface area contributed by atoms with Crippen molar-refractivity contribution in [1.82, 2.24) is 4.98 Å². The van der Waals surface area contributed by atoms with Crippen molar-refractivity contribution >= 4 is 43.1 Å². The molecular formula is C14H14BrNO4S2. The van der Waals surface area contributed by atoms with Crippen molar-refractivity contribution in [3.05, 3.63) is 39.7 Å². The number of hydrogen-bond acceptors (Lipinski definition) is 6. The van der Waals surface area contributed by atoms with Gasteiger partial charge in [-0.25, -0.2) is 18.2 Å². The highest BCUT2D eigenvalue weighted by Crippen LogP contribution is 2.29. The molecule has 0 atom stereocenters. The number of esters is 1. The number of aromatic nitrogens is 1. The molecule has 0 radical (unpaired) electrons. The lowest BCUT2D eigenvalue weighted by Gasteiger charge is -2.05. The van der Waals surface area contributed by atoms with Gasteiger partial charge in [0.15, 0.2) is 9.90 Å². The minimum Gasteiger partial charge on any atom is -0.462 e. The monoisotopic (exact) mass is 403 g/mol. The number of aryl methyl sites for hydroxylation is 1. The Morgan fingerprint density at radius 2 is 1.95 bits per heavy atom. The number of alkyl halides is 1. The van der Waals surface area contributed by atoms with Gasteiger partial charge in [0.2, 0.25) is 9.84 Å². The summed E-state index contributed by atoms with van der Waals surface area (Å²) >= 11 is 4.25. The van der Waals surface area contributed by atoms with E-state index in [2.05, 4.69) is 20.9 Å². The van der Waals surface area contributed by atoms with Gasteiger partial charge in [0.1, 0.15) is 5.01 Å². The average molecular weight is 404 g/mol. The zero-order valence-corrected chi connectivity index (χ0v) is 15.2. The fraction of sp³-hybridized carbons (Fsp3) is 0.286. The maximum Gasteiger partial charge on any atom is 0.351 e. The van der Waals surface area contributed by atoms with E-state index in [1.165, 1.54) is 12.1 Å². The lowest BCUT2D eigenvalue weighted by atomic mass is 10.2. The fourth-order valence-electron chi connectivity index (χ4n) is 1.74. The predicted molar refractivity (Wildman–Crippen MR) is 87.3 cm³/mol. The second-order valence-electron chi connectivity index (χ2n) is 4.41. The van der Waals surface area contributed by atoms with E-state index in [9.17, 15) is 13.2 Å². The summed E-state index contributed by atoms with van der Waals surface area (Å²) < 4.78 is 30.4. The molecule has 0 aliphatic heterocycles. The van der Waals surface area contributed by atoms with E-state index in [4.69, 9.17) is 4.74 Å². The van der Waals surface area contributed by atoms with Crippen LogP contribution in [-0.4, -0.2) is 26.0 Å². The summed E-state index contributed by atoms with van der Waals surface area (Å²) in [4.78, 5) is 16.2. The molecule has 0 bridgehead atoms. The van der Waals surface area contributed by atoms with E-state index in [-0.39, 0.29) is 21.4 Å². The second-order valence-corrected chi connectivity index (χ2v) is 7.92. The van der Waals surface area contributed by atoms with Crippen LogP contribution < -0.4 is 0 Å². The maximum atomic E-state index is 12.7. The number of halogens is 1. The molecule has 0 saturated heterocycles. The SMILES string of the molecule is CCOC(=O)c1sc(CBr)nc1S(=O)(=O)c1ccc(C)cc1. The molecule has 0 N–H and O–H groups in total. The zero-order valence-electron chi connectivity index (χ0n) is 12.0. The summed E-state index contributed by atoms with van der Waals surface area (Å²) in [6, 6.07) is 6.42. The standard InChI is InChI=1S/C14H14BrNO4S2/c1-3-20-14(17)12-13(16-11(8-15)21-12)22(18,19)10-6-4-9(2)5-7-10/h4-7H,3,8H2,1-2H3. The molecule has 5 nitrogen and oxygen atoms in total. The highest BCUT2D eigenvalue weighted by molar-refractivity contribution is 9.08. The van der Waals surface area contributed by atoms with E-state index in [1.807, 2.05) is 6.92 Å². The fourth-order valence-corrected chi connectivity index (χ4v) is 4.70. The van der Waals surface area contributed by atoms with Crippen molar-refractivity contribution in [1.29, 1.82) is 0 Å². The highest BCUT2D eigenvalue weighted by atomic mass is 79.9. The number of nitrogens with zero attached hydrogens (tertiary/aromatic N) is 1. The maximum absolute atomic E-state index is 12.7. The van der Waals surface area contributed by atoms with Gasteiger partial charge < -0.3 is 4.74 Å². The number of benzene rings is 1. The molecule has 0 aliphatic rings. The number of ether oxygens (including phenoxy) is 1. The third-order valence-corrected chi connectivity index (χ3v) is 6.57. The first-order valence-corrected chi connectivity index (χ1v) is 9.86. The van der Waals surface area contributed by atoms with Gasteiger partial charge in [0.05, 0.1) is 16.8 Å². The Hall–Kier alpha value is -1.25. The number of thiazole rings is 1. The van der Waals surface area contributed by atoms with Crippen molar-refractivity contribution in [3.8, 4) is 0 Å². The first kappa shape index (κ1) is 17.1. The van der Waals surface area contributed by atoms with Crippen LogP contribution in [-0.2, 0) is 19.9 Å². The Kier molecular flexibility index (Phi) is 5.36. The minimum absolute atomic E-state index is 0.0110. The van der Waals surface area contributed by atoms with Gasteiger partial charge in [-0.15, -0.1) is 11.3 Å². The van der Waals surface area contributed by atoms with Crippen molar-refractivity contribution in [3.63, 3.8) is 0 Å². The molecule has 1 aromatic carbocycles. The summed E-state index contributed by atoms with van der Waals surface area (Å²) in [6.45, 7) is 3.70. The number of rotatable bonds is 5. The minimum atomic E-state index is -3.86. The van der Waals surface area contributed by atoms with Crippen LogP contribution in [0.2, 0.25) is 0 Å². The number of hydrogen-bond donors (Lipinski definition) is 0. The molecule has 1 heterocycles. The van der Waals surface area contributed by atoms with Gasteiger partial charge in [-0.1, -0.05) is 33.6 Å². The van der Waals surface area contributed by atoms with Crippen LogP contribution in [0.25, 0.3) is 0 Å². The molecule has 8 heteroatoms. The summed E-state index contributed by atoms with van der Waals surface area (Å²) in [5.41, 5.74) is 0.948. The van der Waals surface area contributed by atoms with Crippen LogP contribution in [0.5, 0.6) is 0 Å². The van der Waals surface area contributed by atoms with Gasteiger partial charge in [0.25, 0.3) is 0 Å². The van der Waals surface area contributed by atoms with Gasteiger partial charge in [-0.05, 0) is 26.0 Å². The molecule has 22 heavy (non-hydrogen) atoms. The largest absolute Gasteiger partial charge is 0.462 e. The Balaban J connectivity index is 2.57. The predicted octanol–water partition coefficient (Wildman–Crippen LogP) is 3.36. The third kappa shape index (κ3) is 3.39. The molecule has 0 spiro atoms. The Labute approximate surface area is 141 Å². The summed E-state index contributed by atoms with van der Waals surface area (Å²) in [5.74, 6) is -0.669. The van der Waals surface area contributed by atoms with E-state index in [0.717, 1.165) is 16.9 Å². The van der Waals surface area contributed by atoms with Crippen LogP contribution in [0.4, 0.5) is 0 Å². The van der Waals surface area contributed by atoms with Gasteiger partial charge in [0, 0.05) is 0 Å². The van der Waals surface area contributed by atoms with Crippen molar-refractivity contribution in [2.75, 3.05) is 6.61 Å². The topological polar surface area (TPSA) is 73.3 Å². The molecule has 0 amide bonds. The van der Waals surface area contributed by atoms with Gasteiger partial charge >= 0.3 is 5.97 Å². The molecule has 0 aliphatic carbocycles. The number of sulfone groups is 1. The van der Waals surface area contributed by atoms with Gasteiger partial charge in [-0.3, -0.25) is 0 Å². The van der Waals surface area contributed by atoms with E-state index < -0.39 is 15.8 Å². The second kappa shape index (κ2) is 6.89. The molecule has 0 fully saturated rings. The number of carbonyl (C=O) groups excluding carboxylic acids is 1. The normalized spacial score (nSPS) is 11.4. The Morgan fingerprint density at radius 3 is 2.50 bits per heavy atom. The molecule has 118 valence electrons. The lowest BCUT2D eigenvalue weighted by molar-refractivity contribution is 0.0527. The van der Waals surface area contributed by atoms with Crippen LogP contribution in [0, 0.1) is 6.92 Å². The average Bonchev–Trinajstić information content (AvgIpc) is 2.93. The molecule has 0 saturated carbocycles. The molecule has 0 unspecified atom stereocenters. The van der Waals surface area contributed by atoms with Gasteiger partial charge in [-0.2, -0.15) is 0 Å². The summed E-state index contributed by atoms with van der Waals surface area (Å²) in [6.07, 6.45) is 0. The molecule has 1 aromatic heterocycles. The molecule has 2 rings (SSSR count). The van der Waals surface area contributed by atoms with Crippen molar-refractivity contribution < 1.29 is 17.9 Å². The van der Waals surface area contributed by atoms with Crippen LogP contribution in [0.3, 0.4) is 0 Å². The van der Waals surface area contributed by atoms with Crippen LogP contribution >= 0.6 is 27.3 Å². The van der Waals surface area contributed by atoms with E-state index in [0.29, 0.717) is 10.3 Å². The van der Waals surface area contributed by atoms with Crippen LogP contribution in [0.15, 0.2) is 34.2 Å². The Bertz CT molecular complexity index is 782. The zero-order chi connectivity index (χ0) is 16.3. The van der Waals surface area contributed by atoms with E-state index in [1.54, 1.807) is 19.1 Å².